The summed E-state index contributed by atoms with van der Waals surface area (Å²) in [5.41, 5.74) is 5.55. The highest BCUT2D eigenvalue weighted by molar-refractivity contribution is 5.98. The second kappa shape index (κ2) is 8.54. The maximum absolute atomic E-state index is 12.6. The van der Waals surface area contributed by atoms with Crippen LogP contribution in [0.3, 0.4) is 0 Å². The van der Waals surface area contributed by atoms with Crippen LogP contribution in [0, 0.1) is 6.92 Å². The topological polar surface area (TPSA) is 96.8 Å². The van der Waals surface area contributed by atoms with E-state index in [1.807, 2.05) is 48.1 Å². The number of nitrogens with zero attached hydrogens (tertiary/aromatic N) is 2. The van der Waals surface area contributed by atoms with Crippen LogP contribution >= 0.6 is 0 Å². The second-order valence-corrected chi connectivity index (χ2v) is 6.84. The van der Waals surface area contributed by atoms with Gasteiger partial charge in [0, 0.05) is 18.0 Å². The summed E-state index contributed by atoms with van der Waals surface area (Å²) < 4.78 is 7.63. The molecule has 7 heteroatoms. The number of rotatable bonds is 6. The number of aromatic carboxylic acids is 1. The highest BCUT2D eigenvalue weighted by atomic mass is 16.4. The van der Waals surface area contributed by atoms with E-state index in [1.54, 1.807) is 36.4 Å². The molecule has 0 aliphatic heterocycles. The first kappa shape index (κ1) is 19.9. The minimum absolute atomic E-state index is 0.220. The molecule has 2 aromatic heterocycles. The fourth-order valence-corrected chi connectivity index (χ4v) is 3.24. The Bertz CT molecular complexity index is 1270. The zero-order valence-electron chi connectivity index (χ0n) is 16.6. The van der Waals surface area contributed by atoms with Gasteiger partial charge >= 0.3 is 5.97 Å². The van der Waals surface area contributed by atoms with Crippen molar-refractivity contribution >= 4 is 18.1 Å². The number of nitrogens with one attached hydrogen (secondary N) is 1. The number of carboxylic acid groups (broad SMARTS) is 1. The van der Waals surface area contributed by atoms with Crippen LogP contribution in [0.15, 0.2) is 88.6 Å². The van der Waals surface area contributed by atoms with Crippen molar-refractivity contribution < 1.29 is 19.1 Å². The lowest BCUT2D eigenvalue weighted by molar-refractivity contribution is 0.0696. The van der Waals surface area contributed by atoms with Crippen LogP contribution < -0.4 is 5.43 Å². The molecule has 7 nitrogen and oxygen atoms in total. The Balaban J connectivity index is 1.47. The fourth-order valence-electron chi connectivity index (χ4n) is 3.24. The molecule has 0 aliphatic carbocycles. The summed E-state index contributed by atoms with van der Waals surface area (Å²) in [6, 6.07) is 19.3. The molecule has 2 aromatic carbocycles. The van der Waals surface area contributed by atoms with Gasteiger partial charge in [-0.1, -0.05) is 18.2 Å². The second-order valence-electron chi connectivity index (χ2n) is 6.84. The molecule has 0 spiro atoms. The molecule has 0 bridgehead atoms. The van der Waals surface area contributed by atoms with E-state index in [0.717, 1.165) is 16.8 Å². The number of aryl methyl sites for hydroxylation is 1. The van der Waals surface area contributed by atoms with Crippen molar-refractivity contribution in [3.05, 3.63) is 102 Å². The summed E-state index contributed by atoms with van der Waals surface area (Å²) in [5, 5.41) is 13.1. The lowest BCUT2D eigenvalue weighted by Gasteiger charge is -2.08. The summed E-state index contributed by atoms with van der Waals surface area (Å²) >= 11 is 0. The minimum atomic E-state index is -0.976. The summed E-state index contributed by atoms with van der Waals surface area (Å²) in [7, 11) is 0. The van der Waals surface area contributed by atoms with Gasteiger partial charge in [0.2, 0.25) is 0 Å². The van der Waals surface area contributed by atoms with Crippen LogP contribution in [0.5, 0.6) is 0 Å². The summed E-state index contributed by atoms with van der Waals surface area (Å²) in [6.45, 7) is 1.82. The lowest BCUT2D eigenvalue weighted by atomic mass is 10.0. The van der Waals surface area contributed by atoms with Gasteiger partial charge < -0.3 is 14.1 Å². The van der Waals surface area contributed by atoms with Crippen LogP contribution in [-0.4, -0.2) is 27.8 Å². The molecule has 31 heavy (non-hydrogen) atoms. The Morgan fingerprint density at radius 1 is 1.03 bits per heavy atom. The molecule has 0 atom stereocenters. The molecule has 0 unspecified atom stereocenters. The molecule has 1 amide bonds. The van der Waals surface area contributed by atoms with Gasteiger partial charge in [0.05, 0.1) is 23.0 Å². The monoisotopic (exact) mass is 413 g/mol. The van der Waals surface area contributed by atoms with Gasteiger partial charge in [-0.05, 0) is 61.0 Å². The Morgan fingerprint density at radius 3 is 2.55 bits per heavy atom. The highest BCUT2D eigenvalue weighted by Gasteiger charge is 2.12. The average molecular weight is 413 g/mol. The number of para-hydroxylation sites is 1. The van der Waals surface area contributed by atoms with Crippen LogP contribution in [0.4, 0.5) is 0 Å². The first-order valence-electron chi connectivity index (χ1n) is 9.53. The molecule has 154 valence electrons. The van der Waals surface area contributed by atoms with E-state index in [4.69, 9.17) is 9.52 Å². The molecular weight excluding hydrogens is 394 g/mol. The Kier molecular flexibility index (Phi) is 5.49. The average Bonchev–Trinajstić information content (AvgIpc) is 3.46. The number of carbonyl (C=O) groups excluding carboxylic acids is 1. The highest BCUT2D eigenvalue weighted by Crippen LogP contribution is 2.26. The zero-order chi connectivity index (χ0) is 21.8. The molecule has 0 saturated carbocycles. The van der Waals surface area contributed by atoms with Gasteiger partial charge in [-0.15, -0.1) is 0 Å². The Morgan fingerprint density at radius 2 is 1.81 bits per heavy atom. The van der Waals surface area contributed by atoms with Gasteiger partial charge in [-0.3, -0.25) is 4.79 Å². The van der Waals surface area contributed by atoms with Gasteiger partial charge in [0.25, 0.3) is 5.91 Å². The lowest BCUT2D eigenvalue weighted by Crippen LogP contribution is -2.19. The fraction of sp³-hybridized carbons (Fsp3) is 0.0417. The Hall–Kier alpha value is -4.39. The molecule has 4 rings (SSSR count). The first-order valence-corrected chi connectivity index (χ1v) is 9.53. The van der Waals surface area contributed by atoms with Gasteiger partial charge in [0.15, 0.2) is 0 Å². The van der Waals surface area contributed by atoms with Crippen molar-refractivity contribution in [1.29, 1.82) is 0 Å². The van der Waals surface area contributed by atoms with E-state index in [1.165, 1.54) is 12.3 Å². The molecule has 0 aliphatic rings. The largest absolute Gasteiger partial charge is 0.478 e. The molecule has 0 fully saturated rings. The Labute approximate surface area is 178 Å². The van der Waals surface area contributed by atoms with E-state index < -0.39 is 5.97 Å². The van der Waals surface area contributed by atoms with Crippen molar-refractivity contribution in [2.75, 3.05) is 0 Å². The van der Waals surface area contributed by atoms with Crippen LogP contribution in [0.25, 0.3) is 17.0 Å². The third-order valence-corrected chi connectivity index (χ3v) is 4.75. The molecule has 2 N–H and O–H groups in total. The van der Waals surface area contributed by atoms with Gasteiger partial charge in [-0.25, -0.2) is 10.2 Å². The minimum Gasteiger partial charge on any atom is -0.478 e. The first-order chi connectivity index (χ1) is 15.0. The van der Waals surface area contributed by atoms with Crippen molar-refractivity contribution in [2.24, 2.45) is 5.10 Å². The third kappa shape index (κ3) is 4.30. The number of benzene rings is 2. The SMILES string of the molecule is Cc1cc(C(=O)O)ccc1-c1ccc(/C=N\NC(=O)c2ccccc2-n2cccc2)o1. The van der Waals surface area contributed by atoms with Crippen molar-refractivity contribution in [3.63, 3.8) is 0 Å². The maximum atomic E-state index is 12.6. The third-order valence-electron chi connectivity index (χ3n) is 4.75. The van der Waals surface area contributed by atoms with Crippen molar-refractivity contribution in [3.8, 4) is 17.0 Å². The van der Waals surface area contributed by atoms with Gasteiger partial charge in [-0.2, -0.15) is 5.10 Å². The van der Waals surface area contributed by atoms with E-state index in [-0.39, 0.29) is 11.5 Å². The molecule has 0 radical (unpaired) electrons. The zero-order valence-corrected chi connectivity index (χ0v) is 16.6. The van der Waals surface area contributed by atoms with E-state index in [0.29, 0.717) is 17.1 Å². The predicted molar refractivity (Wildman–Crippen MR) is 117 cm³/mol. The smallest absolute Gasteiger partial charge is 0.335 e. The standard InChI is InChI=1S/C24H19N3O4/c1-16-14-17(24(29)30)8-10-19(16)22-11-9-18(31-22)15-25-26-23(28)20-6-2-3-7-21(20)27-12-4-5-13-27/h2-15H,1H3,(H,26,28)(H,29,30)/b25-15-. The molecule has 2 heterocycles. The molecule has 4 aromatic rings. The number of hydrogen-bond acceptors (Lipinski definition) is 4. The normalized spacial score (nSPS) is 11.0. The quantitative estimate of drug-likeness (QED) is 0.359. The molecular formula is C24H19N3O4. The van der Waals surface area contributed by atoms with Crippen molar-refractivity contribution in [2.45, 2.75) is 6.92 Å². The number of hydrazone groups is 1. The number of furan rings is 1. The van der Waals surface area contributed by atoms with Crippen LogP contribution in [0.1, 0.15) is 32.0 Å². The summed E-state index contributed by atoms with van der Waals surface area (Å²) in [6.07, 6.45) is 5.15. The number of aromatic nitrogens is 1. The van der Waals surface area contributed by atoms with Crippen LogP contribution in [-0.2, 0) is 0 Å². The van der Waals surface area contributed by atoms with E-state index >= 15 is 0 Å². The number of carbonyl (C=O) groups is 2. The molecule has 0 saturated heterocycles. The van der Waals surface area contributed by atoms with Gasteiger partial charge in [0.1, 0.15) is 11.5 Å². The summed E-state index contributed by atoms with van der Waals surface area (Å²) in [4.78, 5) is 23.7. The van der Waals surface area contributed by atoms with E-state index in [9.17, 15) is 9.59 Å². The summed E-state index contributed by atoms with van der Waals surface area (Å²) in [5.74, 6) is -0.278. The van der Waals surface area contributed by atoms with Crippen molar-refractivity contribution in [1.82, 2.24) is 9.99 Å². The maximum Gasteiger partial charge on any atom is 0.335 e. The van der Waals surface area contributed by atoms with E-state index in [2.05, 4.69) is 10.5 Å². The number of hydrogen-bond donors (Lipinski definition) is 2. The number of carboxylic acids is 1. The number of amides is 1. The predicted octanol–water partition coefficient (Wildman–Crippen LogP) is 4.51. The van der Waals surface area contributed by atoms with Crippen LogP contribution in [0.2, 0.25) is 0 Å².